The molecule has 0 fully saturated rings. The Morgan fingerprint density at radius 2 is 1.02 bits per heavy atom. The monoisotopic (exact) mass is 613 g/mol. The van der Waals surface area contributed by atoms with E-state index in [1.54, 1.807) is 0 Å². The molecule has 0 bridgehead atoms. The van der Waals surface area contributed by atoms with Gasteiger partial charge in [0.05, 0.1) is 87.5 Å². The zero-order chi connectivity index (χ0) is 31.6. The Bertz CT molecular complexity index is 661. The molecule has 231 valence electrons. The first-order valence-electron chi connectivity index (χ1n) is 12.5. The summed E-state index contributed by atoms with van der Waals surface area (Å²) < 4.78 is 72.3. The van der Waals surface area contributed by atoms with Gasteiger partial charge >= 0.3 is 42.5 Å². The van der Waals surface area contributed by atoms with Crippen molar-refractivity contribution < 1.29 is 76.3 Å². The molecule has 1 N–H and O–H groups in total. The van der Waals surface area contributed by atoms with Crippen LogP contribution in [0.3, 0.4) is 0 Å². The Morgan fingerprint density at radius 3 is 1.30 bits per heavy atom. The zero-order valence-corrected chi connectivity index (χ0v) is 27.1. The first-order valence-corrected chi connectivity index (χ1v) is 13.6. The van der Waals surface area contributed by atoms with Crippen molar-refractivity contribution in [2.75, 3.05) is 106 Å². The first kappa shape index (κ1) is 48.8. The molecule has 16 nitrogen and oxygen atoms in total. The summed E-state index contributed by atoms with van der Waals surface area (Å²) in [6.07, 6.45) is 3.04. The van der Waals surface area contributed by atoms with Crippen LogP contribution in [0.2, 0.25) is 0 Å². The van der Waals surface area contributed by atoms with Gasteiger partial charge in [0, 0.05) is 24.7 Å². The summed E-state index contributed by atoms with van der Waals surface area (Å²) in [6, 6.07) is 0. The van der Waals surface area contributed by atoms with Gasteiger partial charge in [-0.3, -0.25) is 13.5 Å². The van der Waals surface area contributed by atoms with E-state index in [1.807, 2.05) is 6.92 Å². The maximum absolute atomic E-state index is 10.6. The van der Waals surface area contributed by atoms with Crippen LogP contribution in [-0.4, -0.2) is 122 Å². The summed E-state index contributed by atoms with van der Waals surface area (Å²) in [6.45, 7) is 11.1. The zero-order valence-electron chi connectivity index (χ0n) is 25.2. The topological polar surface area (TPSA) is 230 Å². The van der Waals surface area contributed by atoms with Gasteiger partial charge < -0.3 is 39.5 Å². The molecule has 0 aromatic rings. The van der Waals surface area contributed by atoms with Crippen molar-refractivity contribution in [2.24, 2.45) is 5.11 Å². The minimum Gasteiger partial charge on any atom is -0.373 e. The molecule has 20 heteroatoms. The molecule has 0 aromatic heterocycles. The molecule has 0 unspecified atom stereocenters. The van der Waals surface area contributed by atoms with E-state index >= 15 is 0 Å². The van der Waals surface area contributed by atoms with E-state index in [0.29, 0.717) is 66.0 Å². The standard InChI is InChI=1S/C10H22O6S.C9H19N3O3.CH3F.BHN.N3.Na/c1-3-4-13-5-6-14-7-8-15-9-10-16-17(2,11)12;1-2-4-13-6-8-15-9-7-14-5-3-11-12-10;2*1-2;1-3-2;/h3-10H2,1-2H3;2-9H2,1H3;1H3;2H;;/q;;;;-1;+1/i;;1D;;;. The quantitative estimate of drug-likeness (QED) is 0.0423. The Kier molecular flexibility index (Phi) is 66.1. The second-order valence-corrected chi connectivity index (χ2v) is 7.89. The van der Waals surface area contributed by atoms with Crippen molar-refractivity contribution in [3.63, 3.8) is 0 Å². The van der Waals surface area contributed by atoms with Crippen molar-refractivity contribution in [3.05, 3.63) is 26.4 Å². The van der Waals surface area contributed by atoms with Gasteiger partial charge in [0.1, 0.15) is 0 Å². The van der Waals surface area contributed by atoms with Crippen LogP contribution in [0, 0.1) is 5.31 Å². The summed E-state index contributed by atoms with van der Waals surface area (Å²) in [7, 11) is -0.612. The number of hydrogen-bond acceptors (Lipinski definition) is 11. The van der Waals surface area contributed by atoms with Gasteiger partial charge in [0.15, 0.2) is 0 Å². The number of ether oxygens (including phenoxy) is 6. The molecular weight excluding hydrogens is 567 g/mol. The van der Waals surface area contributed by atoms with Gasteiger partial charge in [-0.25, -0.2) is 0 Å². The van der Waals surface area contributed by atoms with Crippen molar-refractivity contribution >= 4 is 17.8 Å². The van der Waals surface area contributed by atoms with Crippen LogP contribution in [0.5, 0.6) is 0 Å². The summed E-state index contributed by atoms with van der Waals surface area (Å²) in [5.74, 6) is 0. The molecule has 0 aliphatic rings. The number of nitrogens with zero attached hydrogens (tertiary/aromatic N) is 6. The largest absolute Gasteiger partial charge is 1.00 e. The second kappa shape index (κ2) is 54.2. The maximum Gasteiger partial charge on any atom is 1.00 e. The summed E-state index contributed by atoms with van der Waals surface area (Å²) in [5.41, 5.74) is 21.5. The molecule has 0 amide bonds. The predicted molar refractivity (Wildman–Crippen MR) is 146 cm³/mol. The normalized spacial score (nSPS) is 9.53. The molecule has 1 radical (unpaired) electrons. The average molecular weight is 613 g/mol. The van der Waals surface area contributed by atoms with Crippen LogP contribution in [-0.2, 0) is 42.7 Å². The first-order chi connectivity index (χ1) is 19.3. The summed E-state index contributed by atoms with van der Waals surface area (Å²) in [4.78, 5) is 4.11. The third-order valence-electron chi connectivity index (χ3n) is 3.11. The Morgan fingerprint density at radius 1 is 0.750 bits per heavy atom. The van der Waals surface area contributed by atoms with E-state index in [0.717, 1.165) is 32.3 Å². The third-order valence-corrected chi connectivity index (χ3v) is 3.70. The van der Waals surface area contributed by atoms with Crippen LogP contribution in [0.4, 0.5) is 4.39 Å². The third kappa shape index (κ3) is 76.7. The van der Waals surface area contributed by atoms with Crippen molar-refractivity contribution in [2.45, 2.75) is 26.7 Å². The Hall–Kier alpha value is -0.915. The number of rotatable bonds is 23. The number of alkyl halides is 1. The molecular formula is C20H45BFN7NaO9S. The fourth-order valence-electron chi connectivity index (χ4n) is 1.77. The number of halogens is 1. The summed E-state index contributed by atoms with van der Waals surface area (Å²) >= 11 is 0. The molecule has 0 heterocycles. The molecule has 0 saturated heterocycles. The van der Waals surface area contributed by atoms with Crippen LogP contribution in [0.25, 0.3) is 26.4 Å². The van der Waals surface area contributed by atoms with E-state index < -0.39 is 17.3 Å². The average Bonchev–Trinajstić information content (AvgIpc) is 2.92. The number of azide groups is 1. The SMILES string of the molecule is CCCOCCOCCOCCN=[N+]=[N-].CCCOCCOCCOCCOS(C)(=O)=O.[2H]CF.[B]=N.[N-]=[N+]=[N-].[Na+]. The minimum absolute atomic E-state index is 0. The minimum atomic E-state index is -3.36. The van der Waals surface area contributed by atoms with Crippen LogP contribution in [0.1, 0.15) is 28.1 Å². The molecule has 0 aromatic carbocycles. The Labute approximate surface area is 262 Å². The van der Waals surface area contributed by atoms with Crippen LogP contribution in [0.15, 0.2) is 5.11 Å². The molecule has 0 rings (SSSR count). The van der Waals surface area contributed by atoms with Crippen LogP contribution < -0.4 is 29.6 Å². The van der Waals surface area contributed by atoms with Gasteiger partial charge in [0.2, 0.25) is 0 Å². The molecule has 0 aliphatic heterocycles. The number of hydrogen-bond donors (Lipinski definition) is 1. The number of nitrogens with one attached hydrogen (secondary N) is 1. The van der Waals surface area contributed by atoms with E-state index in [9.17, 15) is 12.8 Å². The molecule has 0 atom stereocenters. The smallest absolute Gasteiger partial charge is 0.373 e. The molecule has 40 heavy (non-hydrogen) atoms. The van der Waals surface area contributed by atoms with Gasteiger partial charge in [-0.05, 0) is 18.4 Å². The van der Waals surface area contributed by atoms with Crippen molar-refractivity contribution in [1.29, 1.82) is 5.31 Å². The molecule has 0 spiro atoms. The van der Waals surface area contributed by atoms with Gasteiger partial charge in [0.25, 0.3) is 10.1 Å². The second-order valence-electron chi connectivity index (χ2n) is 6.24. The fourth-order valence-corrected chi connectivity index (χ4v) is 2.14. The Balaban J connectivity index is -0.000000117. The van der Waals surface area contributed by atoms with Gasteiger partial charge in [-0.1, -0.05) is 19.0 Å². The maximum atomic E-state index is 10.6. The van der Waals surface area contributed by atoms with E-state index in [4.69, 9.17) is 51.7 Å². The van der Waals surface area contributed by atoms with Gasteiger partial charge in [-0.15, -0.1) is 0 Å². The van der Waals surface area contributed by atoms with Crippen LogP contribution >= 0.6 is 0 Å². The summed E-state index contributed by atoms with van der Waals surface area (Å²) in [5, 5.41) is 8.58. The molecule has 0 aliphatic carbocycles. The van der Waals surface area contributed by atoms with E-state index in [-0.39, 0.29) is 42.8 Å². The van der Waals surface area contributed by atoms with Crippen molar-refractivity contribution in [3.8, 4) is 0 Å². The predicted octanol–water partition coefficient (Wildman–Crippen LogP) is 0.552. The molecule has 0 saturated carbocycles. The van der Waals surface area contributed by atoms with E-state index in [1.165, 1.54) is 4.91 Å². The van der Waals surface area contributed by atoms with E-state index in [2.05, 4.69) is 28.8 Å². The van der Waals surface area contributed by atoms with Gasteiger partial charge in [-0.2, -0.15) is 8.42 Å². The van der Waals surface area contributed by atoms with Crippen molar-refractivity contribution in [1.82, 2.24) is 0 Å². The fraction of sp³-hybridized carbons (Fsp3) is 1.00.